The topological polar surface area (TPSA) is 52.6 Å². The van der Waals surface area contributed by atoms with Gasteiger partial charge in [0.15, 0.2) is 11.9 Å². The molecular weight excluding hydrogens is 328 g/mol. The van der Waals surface area contributed by atoms with Crippen molar-refractivity contribution in [3.63, 3.8) is 0 Å². The predicted octanol–water partition coefficient (Wildman–Crippen LogP) is 4.10. The second kappa shape index (κ2) is 8.50. The molecule has 0 aliphatic heterocycles. The van der Waals surface area contributed by atoms with Crippen molar-refractivity contribution in [2.75, 3.05) is 6.61 Å². The monoisotopic (exact) mass is 346 g/mol. The number of carbonyl (C=O) groups excluding carboxylic acids is 2. The van der Waals surface area contributed by atoms with Gasteiger partial charge in [-0.2, -0.15) is 0 Å². The normalized spacial score (nSPS) is 11.6. The molecule has 1 atom stereocenters. The van der Waals surface area contributed by atoms with Crippen molar-refractivity contribution >= 4 is 23.4 Å². The zero-order valence-corrected chi connectivity index (χ0v) is 14.4. The molecule has 2 rings (SSSR count). The van der Waals surface area contributed by atoms with Crippen LogP contribution in [0.25, 0.3) is 0 Å². The lowest BCUT2D eigenvalue weighted by Crippen LogP contribution is -2.26. The van der Waals surface area contributed by atoms with Crippen molar-refractivity contribution in [2.45, 2.75) is 26.4 Å². The highest BCUT2D eigenvalue weighted by Crippen LogP contribution is 2.17. The van der Waals surface area contributed by atoms with Crippen LogP contribution in [-0.4, -0.2) is 24.5 Å². The van der Waals surface area contributed by atoms with Gasteiger partial charge in [0.2, 0.25) is 0 Å². The highest BCUT2D eigenvalue weighted by atomic mass is 35.5. The second-order valence-electron chi connectivity index (χ2n) is 5.26. The summed E-state index contributed by atoms with van der Waals surface area (Å²) in [7, 11) is 0. The zero-order chi connectivity index (χ0) is 17.5. The number of hydrogen-bond donors (Lipinski definition) is 0. The minimum atomic E-state index is -0.694. The molecule has 5 heteroatoms. The molecule has 0 aromatic heterocycles. The summed E-state index contributed by atoms with van der Waals surface area (Å²) in [5.74, 6) is 0.0984. The van der Waals surface area contributed by atoms with Gasteiger partial charge in [-0.25, -0.2) is 4.79 Å². The Balaban J connectivity index is 1.97. The van der Waals surface area contributed by atoms with Crippen molar-refractivity contribution in [3.8, 4) is 5.75 Å². The molecule has 0 aliphatic carbocycles. The predicted molar refractivity (Wildman–Crippen MR) is 92.7 cm³/mol. The first-order valence-electron chi connectivity index (χ1n) is 7.70. The van der Waals surface area contributed by atoms with Crippen molar-refractivity contribution in [2.24, 2.45) is 0 Å². The Kier molecular flexibility index (Phi) is 6.38. The molecule has 0 aliphatic rings. The van der Waals surface area contributed by atoms with Gasteiger partial charge in [0.05, 0.1) is 6.61 Å². The van der Waals surface area contributed by atoms with Crippen molar-refractivity contribution in [3.05, 3.63) is 64.7 Å². The molecule has 0 saturated carbocycles. The molecule has 0 saturated heterocycles. The quantitative estimate of drug-likeness (QED) is 0.559. The van der Waals surface area contributed by atoms with Gasteiger partial charge in [-0.1, -0.05) is 23.7 Å². The molecule has 2 aromatic rings. The maximum absolute atomic E-state index is 12.3. The largest absolute Gasteiger partial charge is 0.479 e. The zero-order valence-electron chi connectivity index (χ0n) is 13.6. The van der Waals surface area contributed by atoms with E-state index in [2.05, 4.69) is 0 Å². The van der Waals surface area contributed by atoms with Gasteiger partial charge in [0.25, 0.3) is 0 Å². The van der Waals surface area contributed by atoms with Crippen LogP contribution < -0.4 is 4.74 Å². The fraction of sp³-hybridized carbons (Fsp3) is 0.263. The summed E-state index contributed by atoms with van der Waals surface area (Å²) in [5.41, 5.74) is 1.49. The van der Waals surface area contributed by atoms with Crippen molar-refractivity contribution in [1.82, 2.24) is 0 Å². The van der Waals surface area contributed by atoms with Gasteiger partial charge in [-0.15, -0.1) is 0 Å². The number of hydrogen-bond acceptors (Lipinski definition) is 4. The van der Waals surface area contributed by atoms with Gasteiger partial charge in [0, 0.05) is 17.0 Å². The first-order chi connectivity index (χ1) is 11.5. The number of carbonyl (C=O) groups is 2. The van der Waals surface area contributed by atoms with Gasteiger partial charge >= 0.3 is 5.97 Å². The average Bonchev–Trinajstić information content (AvgIpc) is 2.57. The molecule has 0 spiro atoms. The molecule has 0 fully saturated rings. The number of rotatable bonds is 7. The SMILES string of the molecule is CCOC(=O)C(C)Oc1ccc(C(=O)Cc2ccc(Cl)cc2)cc1. The Bertz CT molecular complexity index is 692. The molecule has 24 heavy (non-hydrogen) atoms. The smallest absolute Gasteiger partial charge is 0.347 e. The lowest BCUT2D eigenvalue weighted by molar-refractivity contribution is -0.150. The third kappa shape index (κ3) is 5.10. The number of Topliss-reactive ketones (excluding diaryl/α,β-unsaturated/α-hetero) is 1. The minimum Gasteiger partial charge on any atom is -0.479 e. The van der Waals surface area contributed by atoms with Crippen LogP contribution in [0.15, 0.2) is 48.5 Å². The van der Waals surface area contributed by atoms with Crippen LogP contribution in [0.4, 0.5) is 0 Å². The first-order valence-corrected chi connectivity index (χ1v) is 8.08. The maximum Gasteiger partial charge on any atom is 0.347 e. The first kappa shape index (κ1) is 18.0. The fourth-order valence-corrected chi connectivity index (χ4v) is 2.25. The summed E-state index contributed by atoms with van der Waals surface area (Å²) in [6, 6.07) is 13.9. The maximum atomic E-state index is 12.3. The van der Waals surface area contributed by atoms with E-state index in [0.717, 1.165) is 5.56 Å². The molecular formula is C19H19ClO4. The van der Waals surface area contributed by atoms with E-state index in [1.165, 1.54) is 0 Å². The van der Waals surface area contributed by atoms with Crippen LogP contribution in [0.2, 0.25) is 5.02 Å². The number of halogens is 1. The van der Waals surface area contributed by atoms with Crippen LogP contribution >= 0.6 is 11.6 Å². The van der Waals surface area contributed by atoms with E-state index >= 15 is 0 Å². The van der Waals surface area contributed by atoms with Crippen LogP contribution in [0.3, 0.4) is 0 Å². The second-order valence-corrected chi connectivity index (χ2v) is 5.70. The van der Waals surface area contributed by atoms with Gasteiger partial charge in [-0.3, -0.25) is 4.79 Å². The lowest BCUT2D eigenvalue weighted by Gasteiger charge is -2.13. The highest BCUT2D eigenvalue weighted by molar-refractivity contribution is 6.30. The standard InChI is InChI=1S/C19H19ClO4/c1-3-23-19(22)13(2)24-17-10-6-15(7-11-17)18(21)12-14-4-8-16(20)9-5-14/h4-11,13H,3,12H2,1-2H3. The average molecular weight is 347 g/mol. The van der Waals surface area contributed by atoms with E-state index in [0.29, 0.717) is 29.4 Å². The van der Waals surface area contributed by atoms with Gasteiger partial charge in [0.1, 0.15) is 5.75 Å². The Morgan fingerprint density at radius 1 is 1.04 bits per heavy atom. The minimum absolute atomic E-state index is 0.00214. The van der Waals surface area contributed by atoms with E-state index in [1.807, 2.05) is 12.1 Å². The molecule has 0 bridgehead atoms. The number of ketones is 1. The molecule has 0 radical (unpaired) electrons. The molecule has 0 heterocycles. The fourth-order valence-electron chi connectivity index (χ4n) is 2.12. The summed E-state index contributed by atoms with van der Waals surface area (Å²) >= 11 is 5.83. The molecule has 126 valence electrons. The van der Waals surface area contributed by atoms with E-state index in [9.17, 15) is 9.59 Å². The van der Waals surface area contributed by atoms with E-state index in [1.54, 1.807) is 50.2 Å². The number of benzene rings is 2. The van der Waals surface area contributed by atoms with E-state index in [-0.39, 0.29) is 5.78 Å². The van der Waals surface area contributed by atoms with Crippen molar-refractivity contribution < 1.29 is 19.1 Å². The van der Waals surface area contributed by atoms with Gasteiger partial charge < -0.3 is 9.47 Å². The Labute approximate surface area is 146 Å². The summed E-state index contributed by atoms with van der Waals surface area (Å²) in [5, 5.41) is 0.642. The van der Waals surface area contributed by atoms with E-state index < -0.39 is 12.1 Å². The summed E-state index contributed by atoms with van der Waals surface area (Å²) in [6.45, 7) is 3.67. The Morgan fingerprint density at radius 3 is 2.25 bits per heavy atom. The summed E-state index contributed by atoms with van der Waals surface area (Å²) < 4.78 is 10.4. The highest BCUT2D eigenvalue weighted by Gasteiger charge is 2.16. The number of esters is 1. The molecule has 2 aromatic carbocycles. The van der Waals surface area contributed by atoms with Crippen molar-refractivity contribution in [1.29, 1.82) is 0 Å². The third-order valence-electron chi connectivity index (χ3n) is 3.39. The van der Waals surface area contributed by atoms with Crippen LogP contribution in [0, 0.1) is 0 Å². The molecule has 0 N–H and O–H groups in total. The van der Waals surface area contributed by atoms with E-state index in [4.69, 9.17) is 21.1 Å². The lowest BCUT2D eigenvalue weighted by atomic mass is 10.0. The Hall–Kier alpha value is -2.33. The number of ether oxygens (including phenoxy) is 2. The third-order valence-corrected chi connectivity index (χ3v) is 3.64. The van der Waals surface area contributed by atoms with Crippen LogP contribution in [0.5, 0.6) is 5.75 Å². The summed E-state index contributed by atoms with van der Waals surface area (Å²) in [4.78, 5) is 23.8. The molecule has 4 nitrogen and oxygen atoms in total. The Morgan fingerprint density at radius 2 is 1.67 bits per heavy atom. The van der Waals surface area contributed by atoms with Crippen LogP contribution in [0.1, 0.15) is 29.8 Å². The summed E-state index contributed by atoms with van der Waals surface area (Å²) in [6.07, 6.45) is -0.392. The van der Waals surface area contributed by atoms with Gasteiger partial charge in [-0.05, 0) is 55.8 Å². The molecule has 1 unspecified atom stereocenters. The van der Waals surface area contributed by atoms with Crippen LogP contribution in [-0.2, 0) is 16.0 Å². The molecule has 0 amide bonds.